The van der Waals surface area contributed by atoms with Crippen molar-refractivity contribution in [3.05, 3.63) is 34.9 Å². The van der Waals surface area contributed by atoms with E-state index in [1.54, 1.807) is 20.0 Å². The fourth-order valence-corrected chi connectivity index (χ4v) is 1.63. The third-order valence-electron chi connectivity index (χ3n) is 2.85. The summed E-state index contributed by atoms with van der Waals surface area (Å²) in [5.41, 5.74) is 2.44. The SMILES string of the molecule is CCOC(=O)N(C)CCOC(=O)c1cc(C)ccc1C. The summed E-state index contributed by atoms with van der Waals surface area (Å²) in [5.74, 6) is -0.372. The average molecular weight is 279 g/mol. The molecule has 0 atom stereocenters. The Morgan fingerprint density at radius 2 is 1.90 bits per heavy atom. The molecule has 0 unspecified atom stereocenters. The van der Waals surface area contributed by atoms with Crippen LogP contribution >= 0.6 is 0 Å². The van der Waals surface area contributed by atoms with Gasteiger partial charge in [-0.05, 0) is 32.4 Å². The van der Waals surface area contributed by atoms with E-state index in [4.69, 9.17) is 9.47 Å². The molecule has 0 heterocycles. The molecule has 0 saturated heterocycles. The highest BCUT2D eigenvalue weighted by molar-refractivity contribution is 5.91. The van der Waals surface area contributed by atoms with E-state index in [0.29, 0.717) is 18.7 Å². The largest absolute Gasteiger partial charge is 0.460 e. The van der Waals surface area contributed by atoms with Crippen molar-refractivity contribution >= 4 is 12.1 Å². The Hall–Kier alpha value is -2.04. The van der Waals surface area contributed by atoms with Gasteiger partial charge in [0.25, 0.3) is 0 Å². The maximum Gasteiger partial charge on any atom is 0.409 e. The van der Waals surface area contributed by atoms with Crippen LogP contribution in [0.1, 0.15) is 28.4 Å². The Balaban J connectivity index is 2.48. The number of esters is 1. The molecule has 1 rings (SSSR count). The minimum atomic E-state index is -0.421. The van der Waals surface area contributed by atoms with Gasteiger partial charge in [-0.3, -0.25) is 0 Å². The summed E-state index contributed by atoms with van der Waals surface area (Å²) in [4.78, 5) is 24.7. The summed E-state index contributed by atoms with van der Waals surface area (Å²) >= 11 is 0. The van der Waals surface area contributed by atoms with Crippen molar-refractivity contribution in [2.24, 2.45) is 0 Å². The lowest BCUT2D eigenvalue weighted by atomic mass is 10.1. The number of carbonyl (C=O) groups excluding carboxylic acids is 2. The van der Waals surface area contributed by atoms with Crippen LogP contribution < -0.4 is 0 Å². The van der Waals surface area contributed by atoms with Gasteiger partial charge in [0.15, 0.2) is 0 Å². The monoisotopic (exact) mass is 279 g/mol. The number of hydrogen-bond donors (Lipinski definition) is 0. The third kappa shape index (κ3) is 4.57. The van der Waals surface area contributed by atoms with Gasteiger partial charge in [0.1, 0.15) is 6.61 Å². The van der Waals surface area contributed by atoms with Crippen LogP contribution in [0.15, 0.2) is 18.2 Å². The van der Waals surface area contributed by atoms with Crippen LogP contribution in [0, 0.1) is 13.8 Å². The minimum absolute atomic E-state index is 0.140. The van der Waals surface area contributed by atoms with Crippen molar-refractivity contribution in [2.75, 3.05) is 26.8 Å². The van der Waals surface area contributed by atoms with Crippen molar-refractivity contribution in [3.63, 3.8) is 0 Å². The Bertz CT molecular complexity index is 485. The van der Waals surface area contributed by atoms with Gasteiger partial charge in [0.2, 0.25) is 0 Å². The van der Waals surface area contributed by atoms with E-state index in [9.17, 15) is 9.59 Å². The molecule has 0 aliphatic heterocycles. The molecule has 0 saturated carbocycles. The molecule has 0 aromatic heterocycles. The predicted octanol–water partition coefficient (Wildman–Crippen LogP) is 2.55. The molecule has 0 bridgehead atoms. The second-order valence-electron chi connectivity index (χ2n) is 4.57. The molecule has 0 spiro atoms. The molecule has 20 heavy (non-hydrogen) atoms. The molecular weight excluding hydrogens is 258 g/mol. The molecule has 0 N–H and O–H groups in total. The topological polar surface area (TPSA) is 55.8 Å². The summed E-state index contributed by atoms with van der Waals surface area (Å²) in [7, 11) is 1.60. The molecule has 0 fully saturated rings. The number of benzene rings is 1. The number of carbonyl (C=O) groups is 2. The Labute approximate surface area is 119 Å². The van der Waals surface area contributed by atoms with Crippen molar-refractivity contribution < 1.29 is 19.1 Å². The van der Waals surface area contributed by atoms with E-state index in [-0.39, 0.29) is 12.6 Å². The van der Waals surface area contributed by atoms with Crippen LogP contribution in [0.2, 0.25) is 0 Å². The highest BCUT2D eigenvalue weighted by Gasteiger charge is 2.13. The van der Waals surface area contributed by atoms with E-state index in [1.807, 2.05) is 26.0 Å². The van der Waals surface area contributed by atoms with Gasteiger partial charge in [0.05, 0.1) is 18.7 Å². The lowest BCUT2D eigenvalue weighted by molar-refractivity contribution is 0.0456. The fraction of sp³-hybridized carbons (Fsp3) is 0.467. The first-order chi connectivity index (χ1) is 9.45. The molecule has 1 aromatic rings. The third-order valence-corrected chi connectivity index (χ3v) is 2.85. The van der Waals surface area contributed by atoms with Gasteiger partial charge < -0.3 is 14.4 Å². The van der Waals surface area contributed by atoms with Crippen LogP contribution in [-0.4, -0.2) is 43.8 Å². The smallest absolute Gasteiger partial charge is 0.409 e. The quantitative estimate of drug-likeness (QED) is 0.777. The Morgan fingerprint density at radius 3 is 2.55 bits per heavy atom. The first kappa shape index (κ1) is 16.0. The fourth-order valence-electron chi connectivity index (χ4n) is 1.63. The van der Waals surface area contributed by atoms with Crippen molar-refractivity contribution in [1.29, 1.82) is 0 Å². The number of likely N-dealkylation sites (N-methyl/N-ethyl adjacent to an activating group) is 1. The summed E-state index contributed by atoms with van der Waals surface area (Å²) in [6.45, 7) is 6.29. The van der Waals surface area contributed by atoms with Gasteiger partial charge in [-0.2, -0.15) is 0 Å². The highest BCUT2D eigenvalue weighted by atomic mass is 16.6. The zero-order valence-corrected chi connectivity index (χ0v) is 12.4. The van der Waals surface area contributed by atoms with E-state index in [2.05, 4.69) is 0 Å². The van der Waals surface area contributed by atoms with Crippen LogP contribution in [-0.2, 0) is 9.47 Å². The second-order valence-corrected chi connectivity index (χ2v) is 4.57. The Kier molecular flexibility index (Phi) is 6.03. The van der Waals surface area contributed by atoms with Crippen LogP contribution in [0.4, 0.5) is 4.79 Å². The van der Waals surface area contributed by atoms with E-state index in [1.165, 1.54) is 4.90 Å². The lowest BCUT2D eigenvalue weighted by Crippen LogP contribution is -2.31. The first-order valence-corrected chi connectivity index (χ1v) is 6.58. The predicted molar refractivity (Wildman–Crippen MR) is 75.9 cm³/mol. The molecule has 1 aromatic carbocycles. The first-order valence-electron chi connectivity index (χ1n) is 6.58. The number of rotatable bonds is 5. The molecule has 0 aliphatic rings. The summed E-state index contributed by atoms with van der Waals surface area (Å²) < 4.78 is 10.0. The zero-order chi connectivity index (χ0) is 15.1. The number of amides is 1. The van der Waals surface area contributed by atoms with Crippen LogP contribution in [0.25, 0.3) is 0 Å². The van der Waals surface area contributed by atoms with Crippen molar-refractivity contribution in [2.45, 2.75) is 20.8 Å². The minimum Gasteiger partial charge on any atom is -0.460 e. The van der Waals surface area contributed by atoms with Crippen molar-refractivity contribution in [3.8, 4) is 0 Å². The maximum atomic E-state index is 11.9. The van der Waals surface area contributed by atoms with Gasteiger partial charge in [-0.15, -0.1) is 0 Å². The normalized spacial score (nSPS) is 10.0. The van der Waals surface area contributed by atoms with Gasteiger partial charge in [-0.1, -0.05) is 17.7 Å². The van der Waals surface area contributed by atoms with Crippen LogP contribution in [0.3, 0.4) is 0 Å². The van der Waals surface area contributed by atoms with E-state index >= 15 is 0 Å². The maximum absolute atomic E-state index is 11.9. The summed E-state index contributed by atoms with van der Waals surface area (Å²) in [6, 6.07) is 5.63. The standard InChI is InChI=1S/C15H21NO4/c1-5-19-15(18)16(4)8-9-20-14(17)13-10-11(2)6-7-12(13)3/h6-7,10H,5,8-9H2,1-4H3. The molecule has 5 nitrogen and oxygen atoms in total. The number of nitrogens with zero attached hydrogens (tertiary/aromatic N) is 1. The van der Waals surface area contributed by atoms with E-state index < -0.39 is 6.09 Å². The summed E-state index contributed by atoms with van der Waals surface area (Å²) in [6.07, 6.45) is -0.421. The molecule has 110 valence electrons. The number of hydrogen-bond acceptors (Lipinski definition) is 4. The summed E-state index contributed by atoms with van der Waals surface area (Å²) in [5, 5.41) is 0. The molecule has 1 amide bonds. The lowest BCUT2D eigenvalue weighted by Gasteiger charge is -2.16. The average Bonchev–Trinajstić information content (AvgIpc) is 2.41. The van der Waals surface area contributed by atoms with Gasteiger partial charge in [0, 0.05) is 7.05 Å². The van der Waals surface area contributed by atoms with Crippen molar-refractivity contribution in [1.82, 2.24) is 4.90 Å². The van der Waals surface area contributed by atoms with Gasteiger partial charge in [-0.25, -0.2) is 9.59 Å². The Morgan fingerprint density at radius 1 is 1.20 bits per heavy atom. The molecule has 5 heteroatoms. The van der Waals surface area contributed by atoms with Crippen LogP contribution in [0.5, 0.6) is 0 Å². The second kappa shape index (κ2) is 7.53. The zero-order valence-electron chi connectivity index (χ0n) is 12.4. The highest BCUT2D eigenvalue weighted by Crippen LogP contribution is 2.11. The molecule has 0 radical (unpaired) electrons. The van der Waals surface area contributed by atoms with Gasteiger partial charge >= 0.3 is 12.1 Å². The van der Waals surface area contributed by atoms with E-state index in [0.717, 1.165) is 11.1 Å². The molecule has 0 aliphatic carbocycles. The number of aryl methyl sites for hydroxylation is 2. The number of ether oxygens (including phenoxy) is 2. The molecular formula is C15H21NO4.